The Morgan fingerprint density at radius 2 is 1.15 bits per heavy atom. The zero-order valence-corrected chi connectivity index (χ0v) is 18.4. The summed E-state index contributed by atoms with van der Waals surface area (Å²) >= 11 is 0. The zero-order valence-electron chi connectivity index (χ0n) is 18.4. The van der Waals surface area contributed by atoms with Gasteiger partial charge in [0.1, 0.15) is 0 Å². The van der Waals surface area contributed by atoms with Gasteiger partial charge in [0.15, 0.2) is 0 Å². The molecule has 0 rings (SSSR count). The van der Waals surface area contributed by atoms with Gasteiger partial charge in [0.05, 0.1) is 18.8 Å². The van der Waals surface area contributed by atoms with E-state index >= 15 is 0 Å². The van der Waals surface area contributed by atoms with Crippen molar-refractivity contribution in [2.75, 3.05) is 13.2 Å². The molecule has 0 heterocycles. The van der Waals surface area contributed by atoms with Gasteiger partial charge in [-0.2, -0.15) is 0 Å². The summed E-state index contributed by atoms with van der Waals surface area (Å²) in [6, 6.07) is 0. The fourth-order valence-corrected chi connectivity index (χ4v) is 2.92. The normalized spacial score (nSPS) is 12.1. The second-order valence-corrected chi connectivity index (χ2v) is 7.54. The Labute approximate surface area is 167 Å². The Morgan fingerprint density at radius 3 is 1.67 bits per heavy atom. The van der Waals surface area contributed by atoms with Gasteiger partial charge >= 0.3 is 11.9 Å². The van der Waals surface area contributed by atoms with Crippen LogP contribution in [0.4, 0.5) is 0 Å². The molecular formula is C23H42O4. The molecule has 0 unspecified atom stereocenters. The predicted molar refractivity (Wildman–Crippen MR) is 112 cm³/mol. The summed E-state index contributed by atoms with van der Waals surface area (Å²) in [5.41, 5.74) is 1.03. The number of rotatable bonds is 16. The van der Waals surface area contributed by atoms with Gasteiger partial charge in [-0.15, -0.1) is 0 Å². The molecule has 0 N–H and O–H groups in total. The van der Waals surface area contributed by atoms with Crippen molar-refractivity contribution in [3.63, 3.8) is 0 Å². The van der Waals surface area contributed by atoms with Crippen LogP contribution in [0.25, 0.3) is 0 Å². The third-order valence-corrected chi connectivity index (χ3v) is 4.61. The molecule has 158 valence electrons. The van der Waals surface area contributed by atoms with E-state index in [0.29, 0.717) is 30.8 Å². The van der Waals surface area contributed by atoms with Crippen molar-refractivity contribution in [3.05, 3.63) is 11.1 Å². The van der Waals surface area contributed by atoms with E-state index in [-0.39, 0.29) is 17.9 Å². The molecule has 27 heavy (non-hydrogen) atoms. The van der Waals surface area contributed by atoms with Crippen molar-refractivity contribution in [1.82, 2.24) is 0 Å². The maximum Gasteiger partial charge on any atom is 0.334 e. The summed E-state index contributed by atoms with van der Waals surface area (Å²) in [5.74, 6) is -0.757. The van der Waals surface area contributed by atoms with Crippen molar-refractivity contribution in [3.8, 4) is 0 Å². The minimum atomic E-state index is -0.355. The highest BCUT2D eigenvalue weighted by molar-refractivity contribution is 6.00. The maximum atomic E-state index is 12.7. The Bertz CT molecular complexity index is 438. The summed E-state index contributed by atoms with van der Waals surface area (Å²) < 4.78 is 10.9. The first kappa shape index (κ1) is 25.7. The number of hydrogen-bond donors (Lipinski definition) is 0. The highest BCUT2D eigenvalue weighted by Crippen LogP contribution is 2.24. The maximum absolute atomic E-state index is 12.7. The van der Waals surface area contributed by atoms with E-state index in [1.807, 2.05) is 13.8 Å². The Hall–Kier alpha value is -1.32. The summed E-state index contributed by atoms with van der Waals surface area (Å²) in [4.78, 5) is 25.3. The molecule has 0 atom stereocenters. The third kappa shape index (κ3) is 11.9. The van der Waals surface area contributed by atoms with Crippen molar-refractivity contribution in [2.45, 2.75) is 105 Å². The van der Waals surface area contributed by atoms with E-state index < -0.39 is 0 Å². The molecule has 0 aromatic heterocycles. The van der Waals surface area contributed by atoms with Crippen LogP contribution in [-0.2, 0) is 19.1 Å². The van der Waals surface area contributed by atoms with E-state index in [9.17, 15) is 9.59 Å². The van der Waals surface area contributed by atoms with Gasteiger partial charge < -0.3 is 9.47 Å². The molecule has 0 aliphatic rings. The first-order valence-corrected chi connectivity index (χ1v) is 11.1. The van der Waals surface area contributed by atoms with E-state index in [1.54, 1.807) is 0 Å². The van der Waals surface area contributed by atoms with Gasteiger partial charge in [-0.1, -0.05) is 79.6 Å². The molecule has 0 bridgehead atoms. The molecule has 0 saturated heterocycles. The number of unbranched alkanes of at least 4 members (excludes halogenated alkanes) is 7. The third-order valence-electron chi connectivity index (χ3n) is 4.61. The largest absolute Gasteiger partial charge is 0.462 e. The van der Waals surface area contributed by atoms with Gasteiger partial charge in [-0.05, 0) is 31.6 Å². The zero-order chi connectivity index (χ0) is 20.5. The van der Waals surface area contributed by atoms with Crippen molar-refractivity contribution < 1.29 is 19.1 Å². The number of ether oxygens (including phenoxy) is 2. The fourth-order valence-electron chi connectivity index (χ4n) is 2.92. The first-order chi connectivity index (χ1) is 13.0. The first-order valence-electron chi connectivity index (χ1n) is 11.1. The van der Waals surface area contributed by atoms with E-state index in [1.165, 1.54) is 25.7 Å². The van der Waals surface area contributed by atoms with Crippen molar-refractivity contribution in [1.29, 1.82) is 0 Å². The average molecular weight is 383 g/mol. The number of carbonyl (C=O) groups is 2. The van der Waals surface area contributed by atoms with Crippen LogP contribution in [0.2, 0.25) is 0 Å². The molecule has 4 heteroatoms. The molecule has 0 amide bonds. The van der Waals surface area contributed by atoms with Crippen LogP contribution in [0.1, 0.15) is 105 Å². The lowest BCUT2D eigenvalue weighted by Crippen LogP contribution is -2.21. The van der Waals surface area contributed by atoms with Gasteiger partial charge in [0, 0.05) is 5.57 Å². The van der Waals surface area contributed by atoms with Crippen LogP contribution in [0.5, 0.6) is 0 Å². The summed E-state index contributed by atoms with van der Waals surface area (Å²) in [7, 11) is 0. The predicted octanol–water partition coefficient (Wildman–Crippen LogP) is 6.38. The summed E-state index contributed by atoms with van der Waals surface area (Å²) in [6.07, 6.45) is 11.1. The Kier molecular flexibility index (Phi) is 16.0. The topological polar surface area (TPSA) is 52.6 Å². The van der Waals surface area contributed by atoms with Gasteiger partial charge in [-0.25, -0.2) is 9.59 Å². The van der Waals surface area contributed by atoms with Crippen molar-refractivity contribution >= 4 is 11.9 Å². The Morgan fingerprint density at radius 1 is 0.667 bits per heavy atom. The van der Waals surface area contributed by atoms with Gasteiger partial charge in [0.25, 0.3) is 0 Å². The average Bonchev–Trinajstić information content (AvgIpc) is 2.63. The van der Waals surface area contributed by atoms with E-state index in [0.717, 1.165) is 38.5 Å². The fraction of sp³-hybridized carbons (Fsp3) is 0.826. The molecule has 0 aromatic rings. The van der Waals surface area contributed by atoms with Gasteiger partial charge in [0.2, 0.25) is 0 Å². The van der Waals surface area contributed by atoms with Crippen LogP contribution < -0.4 is 0 Å². The van der Waals surface area contributed by atoms with Crippen LogP contribution in [0, 0.1) is 5.92 Å². The summed E-state index contributed by atoms with van der Waals surface area (Å²) in [5, 5.41) is 0. The smallest absolute Gasteiger partial charge is 0.334 e. The SMILES string of the molecule is CCCCCCCCC(C(=O)OCCCC)=C(C(=O)OCCCC)C(C)C. The highest BCUT2D eigenvalue weighted by Gasteiger charge is 2.25. The minimum absolute atomic E-state index is 0.0621. The van der Waals surface area contributed by atoms with Crippen LogP contribution in [-0.4, -0.2) is 25.2 Å². The van der Waals surface area contributed by atoms with Crippen LogP contribution in [0.15, 0.2) is 11.1 Å². The van der Waals surface area contributed by atoms with E-state index in [2.05, 4.69) is 20.8 Å². The lowest BCUT2D eigenvalue weighted by Gasteiger charge is -2.17. The number of esters is 2. The van der Waals surface area contributed by atoms with Gasteiger partial charge in [-0.3, -0.25) is 0 Å². The summed E-state index contributed by atoms with van der Waals surface area (Å²) in [6.45, 7) is 11.0. The monoisotopic (exact) mass is 382 g/mol. The van der Waals surface area contributed by atoms with Crippen LogP contribution >= 0.6 is 0 Å². The molecule has 0 aliphatic heterocycles. The number of hydrogen-bond acceptors (Lipinski definition) is 4. The standard InChI is InChI=1S/C23H42O4/c1-6-9-12-13-14-15-16-20(22(24)26-17-10-7-2)21(19(4)5)23(25)27-18-11-8-3/h19H,6-18H2,1-5H3. The highest BCUT2D eigenvalue weighted by atomic mass is 16.5. The molecule has 0 radical (unpaired) electrons. The molecule has 4 nitrogen and oxygen atoms in total. The molecule has 0 aliphatic carbocycles. The minimum Gasteiger partial charge on any atom is -0.462 e. The molecule has 0 aromatic carbocycles. The second-order valence-electron chi connectivity index (χ2n) is 7.54. The lowest BCUT2D eigenvalue weighted by molar-refractivity contribution is -0.143. The lowest BCUT2D eigenvalue weighted by atomic mass is 9.93. The number of carbonyl (C=O) groups excluding carboxylic acids is 2. The molecular weight excluding hydrogens is 340 g/mol. The molecule has 0 spiro atoms. The van der Waals surface area contributed by atoms with Crippen LogP contribution in [0.3, 0.4) is 0 Å². The molecule has 0 fully saturated rings. The quantitative estimate of drug-likeness (QED) is 0.177. The Balaban J connectivity index is 5.15. The van der Waals surface area contributed by atoms with Crippen molar-refractivity contribution in [2.24, 2.45) is 5.92 Å². The second kappa shape index (κ2) is 16.8. The van der Waals surface area contributed by atoms with E-state index in [4.69, 9.17) is 9.47 Å². The molecule has 0 saturated carbocycles.